The topological polar surface area (TPSA) is 131 Å². The van der Waals surface area contributed by atoms with Gasteiger partial charge in [-0.05, 0) is 0 Å². The predicted octanol–water partition coefficient (Wildman–Crippen LogP) is -3.74. The van der Waals surface area contributed by atoms with Gasteiger partial charge >= 0.3 is 0 Å². The minimum atomic E-state index is -3.04. The van der Waals surface area contributed by atoms with E-state index in [4.69, 9.17) is 30.6 Å². The highest BCUT2D eigenvalue weighted by Crippen LogP contribution is 1.97. The zero-order valence-electron chi connectivity index (χ0n) is 5.51. The van der Waals surface area contributed by atoms with Crippen LogP contribution in [0.2, 0.25) is 0 Å². The molecule has 0 bridgehead atoms. The third kappa shape index (κ3) is 9.72. The molecule has 0 heterocycles. The van der Waals surface area contributed by atoms with Crippen molar-refractivity contribution >= 4 is 0 Å². The Hall–Kier alpha value is -0.280. The van der Waals surface area contributed by atoms with Crippen LogP contribution in [0.25, 0.3) is 0 Å². The van der Waals surface area contributed by atoms with Crippen molar-refractivity contribution in [3.63, 3.8) is 0 Å². The van der Waals surface area contributed by atoms with Crippen LogP contribution in [0, 0.1) is 0 Å². The molecule has 0 unspecified atom stereocenters. The summed E-state index contributed by atoms with van der Waals surface area (Å²) in [5.41, 5.74) is 0. The van der Waals surface area contributed by atoms with E-state index in [0.29, 0.717) is 0 Å². The number of aliphatic hydroxyl groups is 6. The Kier molecular flexibility index (Phi) is 3.32. The molecular weight excluding hydrogens is 160 g/mol. The first-order chi connectivity index (χ1) is 4.71. The fourth-order valence-corrected chi connectivity index (χ4v) is 0.325. The minimum absolute atomic E-state index is 0.962. The Morgan fingerprint density at radius 2 is 1.00 bits per heavy atom. The van der Waals surface area contributed by atoms with E-state index in [2.05, 4.69) is 4.74 Å². The summed E-state index contributed by atoms with van der Waals surface area (Å²) in [5, 5.41) is 48.9. The Bertz CT molecular complexity index is 94.6. The zero-order chi connectivity index (χ0) is 9.12. The molecule has 0 saturated carbocycles. The molecule has 0 aliphatic heterocycles. The van der Waals surface area contributed by atoms with E-state index in [1.807, 2.05) is 0 Å². The predicted molar refractivity (Wildman–Crippen MR) is 29.6 cm³/mol. The summed E-state index contributed by atoms with van der Waals surface area (Å²) >= 11 is 0. The first-order valence-electron chi connectivity index (χ1n) is 2.63. The lowest BCUT2D eigenvalue weighted by Gasteiger charge is -2.17. The van der Waals surface area contributed by atoms with Crippen LogP contribution in [0.1, 0.15) is 0 Å². The summed E-state index contributed by atoms with van der Waals surface area (Å²) < 4.78 is 4.06. The third-order valence-corrected chi connectivity index (χ3v) is 0.591. The molecule has 0 spiro atoms. The van der Waals surface area contributed by atoms with Crippen molar-refractivity contribution in [2.75, 3.05) is 13.2 Å². The molecule has 0 fully saturated rings. The maximum atomic E-state index is 8.16. The summed E-state index contributed by atoms with van der Waals surface area (Å²) in [4.78, 5) is 0. The van der Waals surface area contributed by atoms with Gasteiger partial charge in [0.1, 0.15) is 13.2 Å². The lowest BCUT2D eigenvalue weighted by atomic mass is 10.5. The molecule has 68 valence electrons. The van der Waals surface area contributed by atoms with E-state index in [-0.39, 0.29) is 0 Å². The lowest BCUT2D eigenvalue weighted by Crippen LogP contribution is -2.39. The second-order valence-corrected chi connectivity index (χ2v) is 2.04. The molecule has 11 heavy (non-hydrogen) atoms. The highest BCUT2D eigenvalue weighted by Gasteiger charge is 2.23. The van der Waals surface area contributed by atoms with Crippen molar-refractivity contribution in [2.24, 2.45) is 0 Å². The molecule has 7 heteroatoms. The average Bonchev–Trinajstić information content (AvgIpc) is 1.55. The van der Waals surface area contributed by atoms with Gasteiger partial charge in [0.25, 0.3) is 11.9 Å². The standard InChI is InChI=1S/C4H10O7/c5-3(6,7)1-11-2-4(8,9)10/h5-10H,1-2H2. The van der Waals surface area contributed by atoms with Gasteiger partial charge in [-0.2, -0.15) is 0 Å². The summed E-state index contributed by atoms with van der Waals surface area (Å²) in [5.74, 6) is -6.07. The van der Waals surface area contributed by atoms with Crippen molar-refractivity contribution in [3.05, 3.63) is 0 Å². The van der Waals surface area contributed by atoms with Gasteiger partial charge in [-0.3, -0.25) is 0 Å². The number of rotatable bonds is 4. The van der Waals surface area contributed by atoms with Crippen LogP contribution in [-0.4, -0.2) is 55.8 Å². The summed E-state index contributed by atoms with van der Waals surface area (Å²) in [6.07, 6.45) is 0. The SMILES string of the molecule is OC(O)(O)COCC(O)(O)O. The first-order valence-corrected chi connectivity index (χ1v) is 2.63. The van der Waals surface area contributed by atoms with Crippen LogP contribution in [0.5, 0.6) is 0 Å². The van der Waals surface area contributed by atoms with Crippen molar-refractivity contribution in [1.82, 2.24) is 0 Å². The van der Waals surface area contributed by atoms with Crippen molar-refractivity contribution in [2.45, 2.75) is 11.9 Å². The van der Waals surface area contributed by atoms with Crippen molar-refractivity contribution in [3.8, 4) is 0 Å². The highest BCUT2D eigenvalue weighted by atomic mass is 16.7. The van der Waals surface area contributed by atoms with Crippen LogP contribution < -0.4 is 0 Å². The van der Waals surface area contributed by atoms with Gasteiger partial charge in [-0.15, -0.1) is 0 Å². The largest absolute Gasteiger partial charge is 0.365 e. The number of hydrogen-bond acceptors (Lipinski definition) is 7. The Balaban J connectivity index is 3.44. The van der Waals surface area contributed by atoms with Crippen LogP contribution in [0.4, 0.5) is 0 Å². The molecule has 0 saturated heterocycles. The molecule has 0 atom stereocenters. The smallest absolute Gasteiger partial charge is 0.300 e. The highest BCUT2D eigenvalue weighted by molar-refractivity contribution is 4.46. The van der Waals surface area contributed by atoms with E-state index in [1.165, 1.54) is 0 Å². The quantitative estimate of drug-likeness (QED) is 0.239. The van der Waals surface area contributed by atoms with Gasteiger partial charge in [0.2, 0.25) is 0 Å². The molecule has 0 radical (unpaired) electrons. The number of ether oxygens (including phenoxy) is 1. The van der Waals surface area contributed by atoms with Crippen LogP contribution in [0.15, 0.2) is 0 Å². The molecule has 0 aromatic heterocycles. The van der Waals surface area contributed by atoms with Gasteiger partial charge in [-0.25, -0.2) is 0 Å². The molecular formula is C4H10O7. The molecule has 0 aliphatic rings. The molecule has 0 aromatic rings. The molecule has 0 aromatic carbocycles. The van der Waals surface area contributed by atoms with E-state index in [9.17, 15) is 0 Å². The second-order valence-electron chi connectivity index (χ2n) is 2.04. The monoisotopic (exact) mass is 170 g/mol. The zero-order valence-corrected chi connectivity index (χ0v) is 5.51. The Morgan fingerprint density at radius 1 is 0.727 bits per heavy atom. The summed E-state index contributed by atoms with van der Waals surface area (Å²) in [7, 11) is 0. The van der Waals surface area contributed by atoms with Crippen molar-refractivity contribution < 1.29 is 35.4 Å². The van der Waals surface area contributed by atoms with Gasteiger partial charge in [0, 0.05) is 0 Å². The van der Waals surface area contributed by atoms with Crippen molar-refractivity contribution in [1.29, 1.82) is 0 Å². The lowest BCUT2D eigenvalue weighted by molar-refractivity contribution is -0.363. The first kappa shape index (κ1) is 10.7. The van der Waals surface area contributed by atoms with Gasteiger partial charge < -0.3 is 35.4 Å². The van der Waals surface area contributed by atoms with E-state index >= 15 is 0 Å². The Morgan fingerprint density at radius 3 is 1.18 bits per heavy atom. The maximum Gasteiger partial charge on any atom is 0.300 e. The molecule has 0 amide bonds. The third-order valence-electron chi connectivity index (χ3n) is 0.591. The second kappa shape index (κ2) is 3.41. The summed E-state index contributed by atoms with van der Waals surface area (Å²) in [6.45, 7) is -1.92. The Labute approximate surface area is 61.7 Å². The van der Waals surface area contributed by atoms with Gasteiger partial charge in [0.15, 0.2) is 0 Å². The van der Waals surface area contributed by atoms with Crippen LogP contribution >= 0.6 is 0 Å². The van der Waals surface area contributed by atoms with Crippen LogP contribution in [0.3, 0.4) is 0 Å². The molecule has 7 nitrogen and oxygen atoms in total. The fourth-order valence-electron chi connectivity index (χ4n) is 0.325. The van der Waals surface area contributed by atoms with Crippen LogP contribution in [-0.2, 0) is 4.74 Å². The average molecular weight is 170 g/mol. The van der Waals surface area contributed by atoms with E-state index in [1.54, 1.807) is 0 Å². The van der Waals surface area contributed by atoms with Gasteiger partial charge in [0.05, 0.1) is 0 Å². The van der Waals surface area contributed by atoms with Gasteiger partial charge in [-0.1, -0.05) is 0 Å². The molecule has 0 rings (SSSR count). The van der Waals surface area contributed by atoms with E-state index in [0.717, 1.165) is 0 Å². The normalized spacial score (nSPS) is 13.6. The molecule has 6 N–H and O–H groups in total. The van der Waals surface area contributed by atoms with E-state index < -0.39 is 25.2 Å². The molecule has 0 aliphatic carbocycles. The maximum absolute atomic E-state index is 8.16. The fraction of sp³-hybridized carbons (Fsp3) is 1.00. The minimum Gasteiger partial charge on any atom is -0.365 e. The number of hydrogen-bond donors (Lipinski definition) is 6. The summed E-state index contributed by atoms with van der Waals surface area (Å²) in [6, 6.07) is 0.